The van der Waals surface area contributed by atoms with Crippen LogP contribution in [-0.4, -0.2) is 30.3 Å². The third-order valence-corrected chi connectivity index (χ3v) is 4.13. The first kappa shape index (κ1) is 13.0. The predicted octanol–water partition coefficient (Wildman–Crippen LogP) is 0.805. The number of hydrogen-bond donors (Lipinski definition) is 1. The fourth-order valence-electron chi connectivity index (χ4n) is 2.91. The lowest BCUT2D eigenvalue weighted by Gasteiger charge is -2.22. The molecule has 0 spiro atoms. The average molecular weight is 296 g/mol. The van der Waals surface area contributed by atoms with E-state index in [4.69, 9.17) is 0 Å². The minimum atomic E-state index is 0.00313. The largest absolute Gasteiger partial charge is 0.349 e. The van der Waals surface area contributed by atoms with Gasteiger partial charge in [-0.05, 0) is 24.6 Å². The zero-order valence-electron chi connectivity index (χ0n) is 12.0. The average Bonchev–Trinajstić information content (AvgIpc) is 3.18. The van der Waals surface area contributed by atoms with Gasteiger partial charge in [-0.25, -0.2) is 0 Å². The van der Waals surface area contributed by atoms with Gasteiger partial charge < -0.3 is 5.32 Å². The number of nitrogens with one attached hydrogen (secondary N) is 1. The zero-order valence-corrected chi connectivity index (χ0v) is 12.0. The summed E-state index contributed by atoms with van der Waals surface area (Å²) in [7, 11) is 0. The van der Waals surface area contributed by atoms with Crippen LogP contribution < -0.4 is 5.32 Å². The Labute approximate surface area is 127 Å². The van der Waals surface area contributed by atoms with Crippen LogP contribution in [0.4, 0.5) is 0 Å². The number of hydrogen-bond acceptors (Lipinski definition) is 4. The van der Waals surface area contributed by atoms with Crippen LogP contribution in [0.15, 0.2) is 36.7 Å². The molecule has 1 N–H and O–H groups in total. The van der Waals surface area contributed by atoms with Crippen molar-refractivity contribution in [2.24, 2.45) is 5.92 Å². The number of carbonyl (C=O) groups excluding carboxylic acids is 1. The lowest BCUT2D eigenvalue weighted by Crippen LogP contribution is -2.35. The van der Waals surface area contributed by atoms with Gasteiger partial charge in [-0.3, -0.25) is 13.9 Å². The van der Waals surface area contributed by atoms with E-state index in [1.807, 2.05) is 39.5 Å². The van der Waals surface area contributed by atoms with E-state index in [1.165, 1.54) is 0 Å². The fraction of sp³-hybridized carbons (Fsp3) is 0.333. The number of nitrogens with zero attached hydrogens (tertiary/aromatic N) is 5. The maximum atomic E-state index is 12.4. The summed E-state index contributed by atoms with van der Waals surface area (Å²) in [4.78, 5) is 12.4. The van der Waals surface area contributed by atoms with Gasteiger partial charge in [0.1, 0.15) is 0 Å². The fourth-order valence-corrected chi connectivity index (χ4v) is 2.91. The Balaban J connectivity index is 1.43. The summed E-state index contributed by atoms with van der Waals surface area (Å²) >= 11 is 0. The van der Waals surface area contributed by atoms with Gasteiger partial charge >= 0.3 is 0 Å². The number of aromatic nitrogens is 5. The highest BCUT2D eigenvalue weighted by Crippen LogP contribution is 2.19. The molecule has 3 aromatic rings. The van der Waals surface area contributed by atoms with E-state index in [-0.39, 0.29) is 11.8 Å². The normalized spacial score (nSPS) is 17.4. The van der Waals surface area contributed by atoms with Crippen LogP contribution in [-0.2, 0) is 24.3 Å². The molecule has 22 heavy (non-hydrogen) atoms. The molecule has 0 radical (unpaired) electrons. The van der Waals surface area contributed by atoms with Crippen molar-refractivity contribution < 1.29 is 4.79 Å². The van der Waals surface area contributed by atoms with Crippen molar-refractivity contribution in [1.82, 2.24) is 29.7 Å². The zero-order chi connectivity index (χ0) is 14.9. The van der Waals surface area contributed by atoms with Gasteiger partial charge in [-0.2, -0.15) is 5.10 Å². The highest BCUT2D eigenvalue weighted by Gasteiger charge is 2.25. The van der Waals surface area contributed by atoms with Gasteiger partial charge in [0.05, 0.1) is 6.54 Å². The van der Waals surface area contributed by atoms with E-state index in [0.717, 1.165) is 36.6 Å². The first-order valence-electron chi connectivity index (χ1n) is 7.38. The predicted molar refractivity (Wildman–Crippen MR) is 78.9 cm³/mol. The molecule has 0 aromatic carbocycles. The minimum Gasteiger partial charge on any atom is -0.349 e. The lowest BCUT2D eigenvalue weighted by molar-refractivity contribution is -0.125. The molecule has 112 valence electrons. The molecule has 3 aromatic heterocycles. The molecule has 7 nitrogen and oxygen atoms in total. The molecular formula is C15H16N6O. The summed E-state index contributed by atoms with van der Waals surface area (Å²) in [6.45, 7) is 1.19. The number of carbonyl (C=O) groups is 1. The van der Waals surface area contributed by atoms with E-state index in [9.17, 15) is 4.79 Å². The van der Waals surface area contributed by atoms with E-state index in [1.54, 1.807) is 6.20 Å². The number of rotatable bonds is 3. The molecule has 0 saturated carbocycles. The first-order chi connectivity index (χ1) is 10.8. The van der Waals surface area contributed by atoms with Crippen molar-refractivity contribution in [3.05, 3.63) is 48.2 Å². The summed E-state index contributed by atoms with van der Waals surface area (Å²) < 4.78 is 3.85. The molecule has 1 unspecified atom stereocenters. The van der Waals surface area contributed by atoms with Crippen LogP contribution in [0.2, 0.25) is 0 Å². The Morgan fingerprint density at radius 2 is 2.27 bits per heavy atom. The van der Waals surface area contributed by atoms with E-state index >= 15 is 0 Å². The molecule has 4 heterocycles. The summed E-state index contributed by atoms with van der Waals surface area (Å²) in [6.07, 6.45) is 5.25. The van der Waals surface area contributed by atoms with Crippen LogP contribution in [0.25, 0.3) is 5.65 Å². The molecule has 1 aliphatic heterocycles. The molecule has 4 rings (SSSR count). The van der Waals surface area contributed by atoms with Gasteiger partial charge in [0.15, 0.2) is 11.5 Å². The standard InChI is InChI=1S/C15H16N6O/c22-15(11-5-8-21-12(9-11)4-6-17-21)16-10-14-19-18-13-3-1-2-7-20(13)14/h1-4,6-7,11H,5,8-10H2,(H,16,22). The Hall–Kier alpha value is -2.70. The minimum absolute atomic E-state index is 0.00313. The maximum absolute atomic E-state index is 12.4. The third-order valence-electron chi connectivity index (χ3n) is 4.13. The molecule has 1 amide bonds. The maximum Gasteiger partial charge on any atom is 0.223 e. The number of fused-ring (bicyclic) bond motifs is 2. The smallest absolute Gasteiger partial charge is 0.223 e. The Kier molecular flexibility index (Phi) is 3.10. The van der Waals surface area contributed by atoms with E-state index < -0.39 is 0 Å². The van der Waals surface area contributed by atoms with Gasteiger partial charge in [0, 0.05) is 37.0 Å². The SMILES string of the molecule is O=C(NCc1nnc2ccccn12)C1CCn2nccc2C1. The Morgan fingerprint density at radius 3 is 3.23 bits per heavy atom. The summed E-state index contributed by atoms with van der Waals surface area (Å²) in [6, 6.07) is 7.70. The van der Waals surface area contributed by atoms with E-state index in [2.05, 4.69) is 20.6 Å². The molecule has 7 heteroatoms. The first-order valence-corrected chi connectivity index (χ1v) is 7.38. The van der Waals surface area contributed by atoms with E-state index in [0.29, 0.717) is 6.54 Å². The topological polar surface area (TPSA) is 77.1 Å². The Bertz CT molecular complexity index is 820. The molecule has 0 fully saturated rings. The monoisotopic (exact) mass is 296 g/mol. The number of pyridine rings is 1. The second-order valence-electron chi connectivity index (χ2n) is 5.50. The molecule has 0 saturated heterocycles. The summed E-state index contributed by atoms with van der Waals surface area (Å²) in [5.74, 6) is 0.813. The van der Waals surface area contributed by atoms with Gasteiger partial charge in [0.2, 0.25) is 5.91 Å². The van der Waals surface area contributed by atoms with Crippen LogP contribution in [0.1, 0.15) is 17.9 Å². The molecule has 1 aliphatic rings. The van der Waals surface area contributed by atoms with Crippen LogP contribution >= 0.6 is 0 Å². The Morgan fingerprint density at radius 1 is 1.32 bits per heavy atom. The molecular weight excluding hydrogens is 280 g/mol. The van der Waals surface area contributed by atoms with Crippen molar-refractivity contribution in [1.29, 1.82) is 0 Å². The highest BCUT2D eigenvalue weighted by molar-refractivity contribution is 5.78. The quantitative estimate of drug-likeness (QED) is 0.775. The molecule has 0 bridgehead atoms. The van der Waals surface area contributed by atoms with Crippen molar-refractivity contribution in [2.75, 3.05) is 0 Å². The van der Waals surface area contributed by atoms with Gasteiger partial charge in [-0.1, -0.05) is 6.07 Å². The second kappa shape index (κ2) is 5.25. The van der Waals surface area contributed by atoms with Gasteiger partial charge in [0.25, 0.3) is 0 Å². The summed E-state index contributed by atoms with van der Waals surface area (Å²) in [5.41, 5.74) is 1.91. The number of amides is 1. The van der Waals surface area contributed by atoms with Gasteiger partial charge in [-0.15, -0.1) is 10.2 Å². The molecule has 0 aliphatic carbocycles. The van der Waals surface area contributed by atoms with Crippen molar-refractivity contribution in [2.45, 2.75) is 25.9 Å². The highest BCUT2D eigenvalue weighted by atomic mass is 16.1. The molecule has 1 atom stereocenters. The van der Waals surface area contributed by atoms with Crippen molar-refractivity contribution in [3.63, 3.8) is 0 Å². The van der Waals surface area contributed by atoms with Crippen molar-refractivity contribution in [3.8, 4) is 0 Å². The lowest BCUT2D eigenvalue weighted by atomic mass is 9.95. The van der Waals surface area contributed by atoms with Crippen LogP contribution in [0.5, 0.6) is 0 Å². The third kappa shape index (κ3) is 2.24. The number of aryl methyl sites for hydroxylation is 1. The van der Waals surface area contributed by atoms with Crippen LogP contribution in [0, 0.1) is 5.92 Å². The van der Waals surface area contributed by atoms with Crippen molar-refractivity contribution >= 4 is 11.6 Å². The summed E-state index contributed by atoms with van der Waals surface area (Å²) in [5, 5.41) is 15.4. The van der Waals surface area contributed by atoms with Crippen LogP contribution in [0.3, 0.4) is 0 Å². The second-order valence-corrected chi connectivity index (χ2v) is 5.50.